The normalized spacial score (nSPS) is 21.0. The van der Waals surface area contributed by atoms with Crippen molar-refractivity contribution in [2.24, 2.45) is 5.41 Å². The number of piperazine rings is 1. The largest absolute Gasteiger partial charge is 0.501 e. The number of sulfone groups is 1. The van der Waals surface area contributed by atoms with Gasteiger partial charge in [-0.2, -0.15) is 13.2 Å². The summed E-state index contributed by atoms with van der Waals surface area (Å²) in [5.74, 6) is -0.642. The van der Waals surface area contributed by atoms with Crippen LogP contribution in [0.3, 0.4) is 0 Å². The smallest absolute Gasteiger partial charge is 0.380 e. The molecule has 0 spiro atoms. The number of benzene rings is 4. The molecule has 1 amide bonds. The number of allylic oxidation sites excluding steroid dienone is 1. The summed E-state index contributed by atoms with van der Waals surface area (Å²) in [5.41, 5.74) is -1.00. The molecule has 0 aromatic heterocycles. The molecule has 3 heterocycles. The summed E-state index contributed by atoms with van der Waals surface area (Å²) < 4.78 is 104. The van der Waals surface area contributed by atoms with Crippen molar-refractivity contribution in [3.8, 4) is 0 Å². The first-order valence-corrected chi connectivity index (χ1v) is 26.5. The van der Waals surface area contributed by atoms with E-state index in [2.05, 4.69) is 46.0 Å². The Morgan fingerprint density at radius 3 is 2.30 bits per heavy atom. The average molecular weight is 987 g/mol. The van der Waals surface area contributed by atoms with Crippen molar-refractivity contribution in [2.45, 2.75) is 84.3 Å². The van der Waals surface area contributed by atoms with E-state index in [1.54, 1.807) is 12.1 Å². The van der Waals surface area contributed by atoms with Crippen molar-refractivity contribution < 1.29 is 39.5 Å². The Balaban J connectivity index is 0.929. The maximum absolute atomic E-state index is 14.2. The van der Waals surface area contributed by atoms with Crippen LogP contribution in [0.4, 0.5) is 24.5 Å². The van der Waals surface area contributed by atoms with E-state index in [0.29, 0.717) is 36.4 Å². The number of nitrogens with zero attached hydrogens (tertiary/aromatic N) is 3. The molecule has 18 heteroatoms. The predicted molar refractivity (Wildman–Crippen MR) is 254 cm³/mol. The fraction of sp³-hybridized carbons (Fsp3) is 0.438. The number of thioether (sulfide) groups is 1. The number of halogens is 4. The molecule has 3 atom stereocenters. The summed E-state index contributed by atoms with van der Waals surface area (Å²) in [6.07, 6.45) is 4.67. The number of anilines is 2. The van der Waals surface area contributed by atoms with Gasteiger partial charge in [-0.25, -0.2) is 21.6 Å². The number of carbonyl (C=O) groups is 1. The van der Waals surface area contributed by atoms with Crippen LogP contribution in [0.5, 0.6) is 0 Å². The lowest BCUT2D eigenvalue weighted by Crippen LogP contribution is -2.47. The molecule has 4 aromatic rings. The molecule has 2 bridgehead atoms. The summed E-state index contributed by atoms with van der Waals surface area (Å²) in [6.45, 7) is 10.6. The van der Waals surface area contributed by atoms with E-state index in [9.17, 15) is 34.8 Å². The number of carbonyl (C=O) groups excluding carboxylic acids is 1. The lowest BCUT2D eigenvalue weighted by atomic mass is 9.72. The fourth-order valence-electron chi connectivity index (χ4n) is 9.30. The molecule has 4 aliphatic rings. The Morgan fingerprint density at radius 1 is 0.939 bits per heavy atom. The minimum Gasteiger partial charge on any atom is -0.380 e. The van der Waals surface area contributed by atoms with Crippen LogP contribution >= 0.6 is 23.4 Å². The van der Waals surface area contributed by atoms with E-state index in [0.717, 1.165) is 87.7 Å². The molecule has 3 aliphatic heterocycles. The highest BCUT2D eigenvalue weighted by atomic mass is 35.5. The number of fused-ring (bicyclic) bond motifs is 2. The summed E-state index contributed by atoms with van der Waals surface area (Å²) in [4.78, 5) is 19.1. The number of nitrogens with one attached hydrogen (secondary N) is 2. The van der Waals surface area contributed by atoms with Gasteiger partial charge in [0.05, 0.1) is 23.3 Å². The van der Waals surface area contributed by atoms with Gasteiger partial charge in [0.2, 0.25) is 0 Å². The van der Waals surface area contributed by atoms with Crippen LogP contribution in [-0.2, 0) is 24.6 Å². The highest BCUT2D eigenvalue weighted by molar-refractivity contribution is 7.99. The van der Waals surface area contributed by atoms with Gasteiger partial charge in [0, 0.05) is 84.8 Å². The van der Waals surface area contributed by atoms with Crippen LogP contribution in [0.2, 0.25) is 5.02 Å². The van der Waals surface area contributed by atoms with Crippen molar-refractivity contribution >= 4 is 66.1 Å². The molecule has 354 valence electrons. The van der Waals surface area contributed by atoms with E-state index < -0.39 is 52.8 Å². The Kier molecular flexibility index (Phi) is 14.5. The second-order valence-corrected chi connectivity index (χ2v) is 23.5. The second-order valence-electron chi connectivity index (χ2n) is 18.4. The number of rotatable bonds is 16. The molecular weight excluding hydrogens is 931 g/mol. The van der Waals surface area contributed by atoms with Gasteiger partial charge < -0.3 is 15.0 Å². The minimum absolute atomic E-state index is 0.000757. The van der Waals surface area contributed by atoms with Gasteiger partial charge in [0.25, 0.3) is 25.8 Å². The summed E-state index contributed by atoms with van der Waals surface area (Å²) in [7, 11) is -10.9. The van der Waals surface area contributed by atoms with Gasteiger partial charge in [-0.1, -0.05) is 61.4 Å². The van der Waals surface area contributed by atoms with Crippen molar-refractivity contribution in [1.82, 2.24) is 14.5 Å². The SMILES string of the molecule is CC1(C)CCC(CN2CCN(c3ccc(C(=O)NS(=O)(=O)c4ccc(N[C@H](CCN5C[C@@H]6C[C@H]5CO6)CSc5ccccc5)c(S(=O)(=O)C(F)(F)F)c4)cc3)CC2)=C(c2ccc(Cl)cc2)C1. The number of hydrogen-bond acceptors (Lipinski definition) is 11. The van der Waals surface area contributed by atoms with Gasteiger partial charge >= 0.3 is 5.51 Å². The van der Waals surface area contributed by atoms with Crippen molar-refractivity contribution in [2.75, 3.05) is 68.4 Å². The van der Waals surface area contributed by atoms with Crippen LogP contribution in [0.1, 0.15) is 61.9 Å². The predicted octanol–water partition coefficient (Wildman–Crippen LogP) is 8.97. The van der Waals surface area contributed by atoms with E-state index in [1.165, 1.54) is 40.6 Å². The molecule has 4 aromatic carbocycles. The van der Waals surface area contributed by atoms with Crippen LogP contribution in [-0.4, -0.2) is 114 Å². The molecule has 11 nitrogen and oxygen atoms in total. The zero-order valence-corrected chi connectivity index (χ0v) is 40.1. The number of morpholine rings is 1. The first kappa shape index (κ1) is 48.4. The monoisotopic (exact) mass is 985 g/mol. The standard InChI is InChI=1S/C48H55ClF3N5O6S3/c1-47(2)20-18-35(43(28-47)33-8-12-36(49)13-9-33)29-55-22-24-56(25-23-55)38-14-10-34(11-15-38)46(58)54-66(61,62)42-16-17-44(45(27-42)65(59,60)48(50,51)52)53-37(32-64-41-6-4-3-5-7-41)19-21-57-30-40-26-39(57)31-63-40/h3-17,27,37,39-40,53H,18-26,28-32H2,1-2H3,(H,54,58)/t37-,39+,40+/m1/s1. The van der Waals surface area contributed by atoms with Gasteiger partial charge in [-0.3, -0.25) is 14.6 Å². The fourth-order valence-corrected chi connectivity index (χ4v) is 12.4. The molecular formula is C48H55ClF3N5O6S3. The minimum atomic E-state index is -6.05. The zero-order valence-electron chi connectivity index (χ0n) is 36.9. The van der Waals surface area contributed by atoms with Gasteiger partial charge in [-0.15, -0.1) is 11.8 Å². The number of hydrogen-bond donors (Lipinski definition) is 2. The van der Waals surface area contributed by atoms with E-state index in [-0.39, 0.29) is 23.1 Å². The van der Waals surface area contributed by atoms with Gasteiger partial charge in [0.1, 0.15) is 4.90 Å². The molecule has 1 aliphatic carbocycles. The molecule has 0 radical (unpaired) electrons. The summed E-state index contributed by atoms with van der Waals surface area (Å²) in [6, 6.07) is 26.1. The van der Waals surface area contributed by atoms with Crippen LogP contribution in [0.15, 0.2) is 117 Å². The highest BCUT2D eigenvalue weighted by Gasteiger charge is 2.49. The van der Waals surface area contributed by atoms with E-state index >= 15 is 0 Å². The number of sulfonamides is 1. The van der Waals surface area contributed by atoms with E-state index in [1.807, 2.05) is 47.2 Å². The number of amides is 1. The molecule has 0 saturated carbocycles. The Morgan fingerprint density at radius 2 is 1.65 bits per heavy atom. The third-order valence-corrected chi connectivity index (χ3v) is 17.4. The van der Waals surface area contributed by atoms with Gasteiger partial charge in [-0.05, 0) is 115 Å². The topological polar surface area (TPSA) is 128 Å². The quantitative estimate of drug-likeness (QED) is 0.105. The second kappa shape index (κ2) is 19.9. The Hall–Kier alpha value is -4.10. The van der Waals surface area contributed by atoms with Crippen molar-refractivity contribution in [3.63, 3.8) is 0 Å². The summed E-state index contributed by atoms with van der Waals surface area (Å²) in [5, 5.41) is 3.74. The highest BCUT2D eigenvalue weighted by Crippen LogP contribution is 2.44. The number of alkyl halides is 3. The van der Waals surface area contributed by atoms with Crippen molar-refractivity contribution in [1.29, 1.82) is 0 Å². The zero-order chi connectivity index (χ0) is 46.9. The third kappa shape index (κ3) is 11.4. The van der Waals surface area contributed by atoms with E-state index in [4.69, 9.17) is 16.3 Å². The lowest BCUT2D eigenvalue weighted by molar-refractivity contribution is -0.0435. The van der Waals surface area contributed by atoms with Crippen LogP contribution in [0, 0.1) is 5.41 Å². The maximum atomic E-state index is 14.2. The number of likely N-dealkylation sites (tertiary alicyclic amines) is 1. The van der Waals surface area contributed by atoms with Crippen molar-refractivity contribution in [3.05, 3.63) is 119 Å². The molecule has 66 heavy (non-hydrogen) atoms. The molecule has 8 rings (SSSR count). The van der Waals surface area contributed by atoms with Gasteiger partial charge in [0.15, 0.2) is 0 Å². The lowest BCUT2D eigenvalue weighted by Gasteiger charge is -2.39. The molecule has 3 fully saturated rings. The Labute approximate surface area is 395 Å². The third-order valence-electron chi connectivity index (χ3n) is 13.1. The number of ether oxygens (including phenoxy) is 1. The first-order chi connectivity index (χ1) is 31.3. The molecule has 2 N–H and O–H groups in total. The van der Waals surface area contributed by atoms with Crippen LogP contribution < -0.4 is 14.9 Å². The van der Waals surface area contributed by atoms with Crippen LogP contribution in [0.25, 0.3) is 5.57 Å². The average Bonchev–Trinajstić information content (AvgIpc) is 3.92. The first-order valence-electron chi connectivity index (χ1n) is 22.2. The maximum Gasteiger partial charge on any atom is 0.501 e. The molecule has 3 saturated heterocycles. The Bertz CT molecular complexity index is 2630. The summed E-state index contributed by atoms with van der Waals surface area (Å²) >= 11 is 7.66. The molecule has 0 unspecified atom stereocenters.